The van der Waals surface area contributed by atoms with E-state index in [1.165, 1.54) is 11.9 Å². The molecule has 0 saturated carbocycles. The zero-order chi connectivity index (χ0) is 14.3. The summed E-state index contributed by atoms with van der Waals surface area (Å²) < 4.78 is 22.6. The molecule has 1 aromatic rings. The quantitative estimate of drug-likeness (QED) is 0.380. The molecule has 0 saturated heterocycles. The van der Waals surface area contributed by atoms with E-state index in [9.17, 15) is 8.42 Å². The van der Waals surface area contributed by atoms with Gasteiger partial charge in [-0.25, -0.2) is 13.4 Å². The highest BCUT2D eigenvalue weighted by atomic mass is 35.5. The van der Waals surface area contributed by atoms with Gasteiger partial charge in [0.25, 0.3) is 0 Å². The van der Waals surface area contributed by atoms with Gasteiger partial charge in [-0.05, 0) is 30.2 Å². The van der Waals surface area contributed by atoms with Crippen LogP contribution in [0.4, 0.5) is 5.69 Å². The van der Waals surface area contributed by atoms with Crippen molar-refractivity contribution in [3.63, 3.8) is 0 Å². The van der Waals surface area contributed by atoms with Crippen molar-refractivity contribution in [3.8, 4) is 0 Å². The van der Waals surface area contributed by atoms with Crippen LogP contribution >= 0.6 is 11.6 Å². The van der Waals surface area contributed by atoms with Crippen LogP contribution in [-0.4, -0.2) is 21.8 Å². The second kappa shape index (κ2) is 7.76. The SMILES string of the molecule is C/C=C\C(=C\Cl)c1ccc(/N=C\NC)c([SH](=O)=O)c1. The molecule has 0 bridgehead atoms. The molecule has 0 fully saturated rings. The lowest BCUT2D eigenvalue weighted by atomic mass is 10.1. The van der Waals surface area contributed by atoms with Crippen molar-refractivity contribution in [1.29, 1.82) is 0 Å². The van der Waals surface area contributed by atoms with E-state index in [1.54, 1.807) is 31.3 Å². The topological polar surface area (TPSA) is 58.5 Å². The van der Waals surface area contributed by atoms with E-state index in [1.807, 2.05) is 13.0 Å². The fourth-order valence-electron chi connectivity index (χ4n) is 1.47. The molecule has 1 aromatic carbocycles. The van der Waals surface area contributed by atoms with E-state index >= 15 is 0 Å². The Morgan fingerprint density at radius 1 is 1.42 bits per heavy atom. The smallest absolute Gasteiger partial charge is 0.170 e. The van der Waals surface area contributed by atoms with E-state index in [2.05, 4.69) is 10.3 Å². The maximum atomic E-state index is 11.3. The molecule has 1 rings (SSSR count). The molecule has 6 heteroatoms. The number of hydrogen-bond donors (Lipinski definition) is 2. The standard InChI is InChI=1S/C13H15ClN2O2S/c1-3-4-11(8-14)10-5-6-12(16-9-15-2)13(7-10)19(17)18/h3-9,19H,1-2H3,(H,15,16)/b4-3-,11-8-. The number of nitrogens with one attached hydrogen (secondary N) is 1. The number of halogens is 1. The van der Waals surface area contributed by atoms with Crippen LogP contribution in [0.3, 0.4) is 0 Å². The highest BCUT2D eigenvalue weighted by molar-refractivity contribution is 7.72. The summed E-state index contributed by atoms with van der Waals surface area (Å²) in [5, 5.41) is 2.72. The number of hydrogen-bond acceptors (Lipinski definition) is 3. The third-order valence-electron chi connectivity index (χ3n) is 2.30. The van der Waals surface area contributed by atoms with Crippen LogP contribution in [0.5, 0.6) is 0 Å². The largest absolute Gasteiger partial charge is 0.379 e. The van der Waals surface area contributed by atoms with Crippen LogP contribution in [0, 0.1) is 0 Å². The average molecular weight is 299 g/mol. The van der Waals surface area contributed by atoms with Crippen LogP contribution in [-0.2, 0) is 10.7 Å². The summed E-state index contributed by atoms with van der Waals surface area (Å²) in [6.07, 6.45) is 5.07. The molecule has 0 spiro atoms. The summed E-state index contributed by atoms with van der Waals surface area (Å²) in [6, 6.07) is 4.98. The molecule has 1 N–H and O–H groups in total. The molecule has 0 atom stereocenters. The molecule has 0 aliphatic heterocycles. The van der Waals surface area contributed by atoms with Crippen molar-refractivity contribution in [2.75, 3.05) is 7.05 Å². The van der Waals surface area contributed by atoms with E-state index in [0.29, 0.717) is 5.69 Å². The van der Waals surface area contributed by atoms with Crippen LogP contribution in [0.25, 0.3) is 5.57 Å². The first-order valence-electron chi connectivity index (χ1n) is 5.55. The zero-order valence-electron chi connectivity index (χ0n) is 10.6. The summed E-state index contributed by atoms with van der Waals surface area (Å²) in [4.78, 5) is 4.19. The van der Waals surface area contributed by atoms with Gasteiger partial charge >= 0.3 is 0 Å². The number of rotatable bonds is 5. The molecular formula is C13H15ClN2O2S. The van der Waals surface area contributed by atoms with Crippen LogP contribution < -0.4 is 5.32 Å². The summed E-state index contributed by atoms with van der Waals surface area (Å²) in [6.45, 7) is 1.86. The zero-order valence-corrected chi connectivity index (χ0v) is 12.3. The number of aliphatic imine (C=N–C) groups is 1. The molecule has 4 nitrogen and oxygen atoms in total. The van der Waals surface area contributed by atoms with Crippen LogP contribution in [0.15, 0.2) is 45.8 Å². The van der Waals surface area contributed by atoms with Crippen molar-refractivity contribution in [3.05, 3.63) is 41.4 Å². The van der Waals surface area contributed by atoms with E-state index in [4.69, 9.17) is 11.6 Å². The Kier molecular flexibility index (Phi) is 6.32. The number of benzene rings is 1. The molecule has 0 unspecified atom stereocenters. The van der Waals surface area contributed by atoms with Crippen molar-refractivity contribution < 1.29 is 8.42 Å². The first-order valence-corrected chi connectivity index (χ1v) is 7.17. The van der Waals surface area contributed by atoms with Gasteiger partial charge in [-0.2, -0.15) is 0 Å². The van der Waals surface area contributed by atoms with Crippen molar-refractivity contribution in [1.82, 2.24) is 5.32 Å². The second-order valence-electron chi connectivity index (χ2n) is 3.57. The van der Waals surface area contributed by atoms with Gasteiger partial charge < -0.3 is 5.32 Å². The minimum Gasteiger partial charge on any atom is -0.379 e. The van der Waals surface area contributed by atoms with E-state index in [0.717, 1.165) is 11.1 Å². The van der Waals surface area contributed by atoms with Gasteiger partial charge in [0, 0.05) is 12.6 Å². The third kappa shape index (κ3) is 4.22. The Balaban J connectivity index is 3.34. The lowest BCUT2D eigenvalue weighted by Crippen LogP contribution is -2.00. The molecule has 0 aliphatic rings. The Morgan fingerprint density at radius 2 is 2.16 bits per heavy atom. The number of allylic oxidation sites excluding steroid dienone is 3. The predicted molar refractivity (Wildman–Crippen MR) is 80.9 cm³/mol. The van der Waals surface area contributed by atoms with E-state index < -0.39 is 10.7 Å². The molecule has 0 heterocycles. The molecule has 0 aromatic heterocycles. The van der Waals surface area contributed by atoms with Gasteiger partial charge in [0.05, 0.1) is 16.9 Å². The molecular weight excluding hydrogens is 284 g/mol. The second-order valence-corrected chi connectivity index (χ2v) is 4.79. The number of nitrogens with zero attached hydrogens (tertiary/aromatic N) is 1. The maximum absolute atomic E-state index is 11.3. The fraction of sp³-hybridized carbons (Fsp3) is 0.154. The monoisotopic (exact) mass is 298 g/mol. The Labute approximate surface area is 119 Å². The van der Waals surface area contributed by atoms with Gasteiger partial charge in [0.15, 0.2) is 10.7 Å². The summed E-state index contributed by atoms with van der Waals surface area (Å²) >= 11 is 5.73. The molecule has 0 radical (unpaired) electrons. The van der Waals surface area contributed by atoms with Gasteiger partial charge in [-0.15, -0.1) is 0 Å². The molecule has 102 valence electrons. The van der Waals surface area contributed by atoms with Gasteiger partial charge in [-0.1, -0.05) is 29.8 Å². The Hall–Kier alpha value is -1.59. The fourth-order valence-corrected chi connectivity index (χ4v) is 2.23. The van der Waals surface area contributed by atoms with Crippen molar-refractivity contribution >= 4 is 39.9 Å². The lowest BCUT2D eigenvalue weighted by Gasteiger charge is -2.05. The first-order chi connectivity index (χ1) is 9.13. The van der Waals surface area contributed by atoms with Gasteiger partial charge in [0.1, 0.15) is 0 Å². The molecule has 19 heavy (non-hydrogen) atoms. The first kappa shape index (κ1) is 15.5. The Morgan fingerprint density at radius 3 is 2.68 bits per heavy atom. The van der Waals surface area contributed by atoms with Gasteiger partial charge in [0.2, 0.25) is 0 Å². The van der Waals surface area contributed by atoms with E-state index in [-0.39, 0.29) is 4.90 Å². The highest BCUT2D eigenvalue weighted by Crippen LogP contribution is 2.26. The summed E-state index contributed by atoms with van der Waals surface area (Å²) in [7, 11) is -1.03. The number of thiol groups is 1. The average Bonchev–Trinajstić information content (AvgIpc) is 2.42. The summed E-state index contributed by atoms with van der Waals surface area (Å²) in [5.41, 5.74) is 3.27. The normalized spacial score (nSPS) is 12.7. The third-order valence-corrected chi connectivity index (χ3v) is 3.29. The van der Waals surface area contributed by atoms with Crippen molar-refractivity contribution in [2.45, 2.75) is 11.8 Å². The predicted octanol–water partition coefficient (Wildman–Crippen LogP) is 2.69. The van der Waals surface area contributed by atoms with Gasteiger partial charge in [-0.3, -0.25) is 0 Å². The highest BCUT2D eigenvalue weighted by Gasteiger charge is 2.07. The minimum absolute atomic E-state index is 0.166. The molecule has 0 aliphatic carbocycles. The van der Waals surface area contributed by atoms with Crippen LogP contribution in [0.2, 0.25) is 0 Å². The summed E-state index contributed by atoms with van der Waals surface area (Å²) in [5.74, 6) is 0. The Bertz CT molecular complexity index is 597. The maximum Gasteiger partial charge on any atom is 0.170 e. The van der Waals surface area contributed by atoms with Crippen molar-refractivity contribution in [2.24, 2.45) is 4.99 Å². The minimum atomic E-state index is -2.72. The van der Waals surface area contributed by atoms with Crippen LogP contribution in [0.1, 0.15) is 12.5 Å². The lowest BCUT2D eigenvalue weighted by molar-refractivity contribution is 0.615. The molecule has 0 amide bonds.